The normalized spacial score (nSPS) is 13.4. The first-order valence-electron chi connectivity index (χ1n) is 7.22. The Balaban J connectivity index is 2.72. The van der Waals surface area contributed by atoms with Gasteiger partial charge in [0.1, 0.15) is 5.75 Å². The molecule has 0 saturated carbocycles. The van der Waals surface area contributed by atoms with Gasteiger partial charge in [0.15, 0.2) is 0 Å². The van der Waals surface area contributed by atoms with Gasteiger partial charge in [0.2, 0.25) is 15.6 Å². The van der Waals surface area contributed by atoms with E-state index in [0.717, 1.165) is 29.0 Å². The fourth-order valence-corrected chi connectivity index (χ4v) is 3.75. The monoisotopic (exact) mass is 413 g/mol. The average molecular weight is 413 g/mol. The van der Waals surface area contributed by atoms with E-state index in [0.29, 0.717) is 12.1 Å². The lowest BCUT2D eigenvalue weighted by molar-refractivity contribution is -0.307. The minimum atomic E-state index is -6.03. The number of methoxy groups -OCH3 is 1. The van der Waals surface area contributed by atoms with Crippen molar-refractivity contribution in [3.8, 4) is 5.75 Å². The molecule has 0 amide bonds. The Morgan fingerprint density at radius 1 is 0.815 bits per heavy atom. The molecule has 0 spiro atoms. The van der Waals surface area contributed by atoms with Crippen LogP contribution in [0.3, 0.4) is 0 Å². The Labute approximate surface area is 150 Å². The van der Waals surface area contributed by atoms with Crippen LogP contribution in [-0.4, -0.2) is 27.9 Å². The first-order valence-corrected chi connectivity index (χ1v) is 8.70. The lowest BCUT2D eigenvalue weighted by Gasteiger charge is -2.38. The highest BCUT2D eigenvalue weighted by molar-refractivity contribution is 7.89. The number of hydrogen-bond acceptors (Lipinski definition) is 3. The summed E-state index contributed by atoms with van der Waals surface area (Å²) >= 11 is 0. The van der Waals surface area contributed by atoms with E-state index in [1.54, 1.807) is 0 Å². The summed E-state index contributed by atoms with van der Waals surface area (Å²) in [6, 6.07) is 8.23. The highest BCUT2D eigenvalue weighted by Gasteiger charge is 2.73. The highest BCUT2D eigenvalue weighted by Crippen LogP contribution is 2.51. The molecule has 0 aliphatic heterocycles. The predicted octanol–water partition coefficient (Wildman–Crippen LogP) is 3.99. The van der Waals surface area contributed by atoms with Gasteiger partial charge in [0.05, 0.1) is 12.0 Å². The van der Waals surface area contributed by atoms with Crippen molar-refractivity contribution in [3.63, 3.8) is 0 Å². The zero-order chi connectivity index (χ0) is 20.5. The van der Waals surface area contributed by atoms with Gasteiger partial charge in [-0.15, -0.1) is 0 Å². The van der Waals surface area contributed by atoms with Gasteiger partial charge in [0, 0.05) is 0 Å². The molecule has 0 aliphatic rings. The number of hydrogen-bond donors (Lipinski definition) is 1. The molecule has 1 N–H and O–H groups in total. The van der Waals surface area contributed by atoms with Crippen LogP contribution in [0.15, 0.2) is 59.5 Å². The van der Waals surface area contributed by atoms with Gasteiger partial charge in [-0.2, -0.15) is 31.1 Å². The van der Waals surface area contributed by atoms with Crippen LogP contribution < -0.4 is 9.46 Å². The molecule has 11 heteroatoms. The van der Waals surface area contributed by atoms with Crippen LogP contribution in [0.5, 0.6) is 5.75 Å². The van der Waals surface area contributed by atoms with Crippen molar-refractivity contribution in [1.29, 1.82) is 0 Å². The van der Waals surface area contributed by atoms with Crippen LogP contribution in [0.1, 0.15) is 5.56 Å². The van der Waals surface area contributed by atoms with Crippen molar-refractivity contribution in [2.75, 3.05) is 7.11 Å². The van der Waals surface area contributed by atoms with Gasteiger partial charge >= 0.3 is 12.4 Å². The SMILES string of the molecule is COc1ccc(C(NS(=O)(=O)c2ccccc2)(C(F)(F)F)C(F)(F)F)cc1. The summed E-state index contributed by atoms with van der Waals surface area (Å²) in [5.74, 6) is 0.00270. The molecule has 2 rings (SSSR count). The number of ether oxygens (including phenoxy) is 1. The summed E-state index contributed by atoms with van der Waals surface area (Å²) in [6.45, 7) is 0. The molecule has 0 atom stereocenters. The van der Waals surface area contributed by atoms with Gasteiger partial charge in [-0.3, -0.25) is 0 Å². The Morgan fingerprint density at radius 2 is 1.30 bits per heavy atom. The molecular formula is C16H13F6NO3S. The fraction of sp³-hybridized carbons (Fsp3) is 0.250. The molecule has 27 heavy (non-hydrogen) atoms. The van der Waals surface area contributed by atoms with Crippen LogP contribution >= 0.6 is 0 Å². The maximum Gasteiger partial charge on any atom is 0.420 e. The molecule has 148 valence electrons. The Kier molecular flexibility index (Phi) is 5.48. The van der Waals surface area contributed by atoms with Gasteiger partial charge < -0.3 is 4.74 Å². The second kappa shape index (κ2) is 7.04. The van der Waals surface area contributed by atoms with E-state index in [1.807, 2.05) is 0 Å². The largest absolute Gasteiger partial charge is 0.497 e. The molecule has 0 heterocycles. The van der Waals surface area contributed by atoms with Crippen molar-refractivity contribution >= 4 is 10.0 Å². The predicted molar refractivity (Wildman–Crippen MR) is 83.5 cm³/mol. The second-order valence-corrected chi connectivity index (χ2v) is 7.07. The molecule has 0 aromatic heterocycles. The van der Waals surface area contributed by atoms with Gasteiger partial charge in [-0.1, -0.05) is 30.3 Å². The quantitative estimate of drug-likeness (QED) is 0.755. The summed E-state index contributed by atoms with van der Waals surface area (Å²) < 4.78 is 112. The smallest absolute Gasteiger partial charge is 0.420 e. The van der Waals surface area contributed by atoms with Gasteiger partial charge in [0.25, 0.3) is 0 Å². The van der Waals surface area contributed by atoms with Crippen molar-refractivity contribution in [3.05, 3.63) is 60.2 Å². The number of sulfonamides is 1. The minimum Gasteiger partial charge on any atom is -0.497 e. The third kappa shape index (κ3) is 3.88. The zero-order valence-electron chi connectivity index (χ0n) is 13.6. The van der Waals surface area contributed by atoms with E-state index in [1.165, 1.54) is 25.3 Å². The van der Waals surface area contributed by atoms with Gasteiger partial charge in [-0.05, 0) is 29.8 Å². The van der Waals surface area contributed by atoms with Crippen molar-refractivity contribution in [2.45, 2.75) is 22.8 Å². The van der Waals surface area contributed by atoms with E-state index in [9.17, 15) is 34.8 Å². The van der Waals surface area contributed by atoms with Crippen LogP contribution in [0, 0.1) is 0 Å². The Hall–Kier alpha value is -2.27. The molecule has 0 bridgehead atoms. The fourth-order valence-electron chi connectivity index (χ4n) is 2.36. The summed E-state index contributed by atoms with van der Waals surface area (Å²) in [4.78, 5) is -0.739. The lowest BCUT2D eigenvalue weighted by Crippen LogP contribution is -2.64. The molecule has 0 unspecified atom stereocenters. The third-order valence-electron chi connectivity index (χ3n) is 3.71. The molecule has 0 radical (unpaired) electrons. The van der Waals surface area contributed by atoms with Gasteiger partial charge in [-0.25, -0.2) is 8.42 Å². The van der Waals surface area contributed by atoms with E-state index < -0.39 is 38.4 Å². The standard InChI is InChI=1S/C16H13F6NO3S/c1-26-12-9-7-11(8-10-12)14(15(17,18)19,16(20,21)22)23-27(24,25)13-5-3-2-4-6-13/h2-10,23H,1H3. The van der Waals surface area contributed by atoms with E-state index in [2.05, 4.69) is 0 Å². The molecule has 0 saturated heterocycles. The summed E-state index contributed by atoms with van der Waals surface area (Å²) in [5, 5.41) is 0. The lowest BCUT2D eigenvalue weighted by atomic mass is 9.89. The summed E-state index contributed by atoms with van der Waals surface area (Å²) in [5.41, 5.74) is -6.19. The van der Waals surface area contributed by atoms with Crippen molar-refractivity contribution < 1.29 is 39.5 Å². The van der Waals surface area contributed by atoms with E-state index in [4.69, 9.17) is 4.74 Å². The topological polar surface area (TPSA) is 55.4 Å². The minimum absolute atomic E-state index is 0.00270. The number of halogens is 6. The number of nitrogens with one attached hydrogen (secondary N) is 1. The van der Waals surface area contributed by atoms with Crippen LogP contribution in [0.25, 0.3) is 0 Å². The van der Waals surface area contributed by atoms with Crippen molar-refractivity contribution in [1.82, 2.24) is 4.72 Å². The number of rotatable bonds is 5. The molecule has 4 nitrogen and oxygen atoms in total. The molecular weight excluding hydrogens is 400 g/mol. The molecule has 2 aromatic carbocycles. The highest BCUT2D eigenvalue weighted by atomic mass is 32.2. The zero-order valence-corrected chi connectivity index (χ0v) is 14.4. The van der Waals surface area contributed by atoms with Crippen LogP contribution in [0.4, 0.5) is 26.3 Å². The van der Waals surface area contributed by atoms with Crippen LogP contribution in [0.2, 0.25) is 0 Å². The number of alkyl halides is 6. The summed E-state index contributed by atoms with van der Waals surface area (Å²) in [7, 11) is -3.99. The molecule has 0 aliphatic carbocycles. The Morgan fingerprint density at radius 3 is 1.70 bits per heavy atom. The van der Waals surface area contributed by atoms with E-state index >= 15 is 0 Å². The molecule has 0 fully saturated rings. The first kappa shape index (κ1) is 21.0. The van der Waals surface area contributed by atoms with Crippen molar-refractivity contribution in [2.24, 2.45) is 0 Å². The second-order valence-electron chi connectivity index (χ2n) is 5.39. The number of benzene rings is 2. The maximum absolute atomic E-state index is 13.7. The average Bonchev–Trinajstić information content (AvgIpc) is 2.58. The Bertz CT molecular complexity index is 863. The third-order valence-corrected chi connectivity index (χ3v) is 5.18. The maximum atomic E-state index is 13.7. The summed E-state index contributed by atoms with van der Waals surface area (Å²) in [6.07, 6.45) is -12.1. The first-order chi connectivity index (χ1) is 12.3. The van der Waals surface area contributed by atoms with Crippen LogP contribution in [-0.2, 0) is 15.6 Å². The van der Waals surface area contributed by atoms with E-state index in [-0.39, 0.29) is 5.75 Å². The molecule has 2 aromatic rings.